The van der Waals surface area contributed by atoms with Crippen LogP contribution in [0.15, 0.2) is 4.47 Å². The highest BCUT2D eigenvalue weighted by molar-refractivity contribution is 9.10. The molecule has 0 amide bonds. The Bertz CT molecular complexity index is 383. The maximum Gasteiger partial charge on any atom is 0.227 e. The van der Waals surface area contributed by atoms with Crippen LogP contribution >= 0.6 is 27.5 Å². The Morgan fingerprint density at radius 1 is 1.38 bits per heavy atom. The minimum absolute atomic E-state index is 0.434. The summed E-state index contributed by atoms with van der Waals surface area (Å²) in [6, 6.07) is 0. The molecule has 2 heterocycles. The first-order chi connectivity index (χ1) is 7.72. The smallest absolute Gasteiger partial charge is 0.227 e. The number of halogens is 2. The van der Waals surface area contributed by atoms with Crippen LogP contribution in [0, 0.1) is 0 Å². The van der Waals surface area contributed by atoms with Gasteiger partial charge in [0, 0.05) is 20.2 Å². The number of methoxy groups -OCH3 is 1. The lowest BCUT2D eigenvalue weighted by atomic mass is 10.4. The van der Waals surface area contributed by atoms with Crippen molar-refractivity contribution >= 4 is 33.5 Å². The first-order valence-electron chi connectivity index (χ1n) is 5.18. The molecule has 1 aliphatic rings. The Hall–Kier alpha value is -0.390. The van der Waals surface area contributed by atoms with Crippen LogP contribution in [0.5, 0.6) is 0 Å². The van der Waals surface area contributed by atoms with Gasteiger partial charge in [-0.05, 0) is 28.8 Å². The molecule has 0 N–H and O–H groups in total. The summed E-state index contributed by atoms with van der Waals surface area (Å²) in [7, 11) is 1.64. The lowest BCUT2D eigenvalue weighted by Gasteiger charge is -2.16. The van der Waals surface area contributed by atoms with Crippen LogP contribution in [0.4, 0.5) is 5.95 Å². The number of anilines is 1. The van der Waals surface area contributed by atoms with E-state index in [1.165, 1.54) is 12.8 Å². The molecule has 0 unspecified atom stereocenters. The predicted molar refractivity (Wildman–Crippen MR) is 66.9 cm³/mol. The number of rotatable bonds is 3. The highest BCUT2D eigenvalue weighted by atomic mass is 79.9. The first-order valence-corrected chi connectivity index (χ1v) is 6.35. The predicted octanol–water partition coefficient (Wildman–Crippen LogP) is 2.64. The van der Waals surface area contributed by atoms with E-state index >= 15 is 0 Å². The van der Waals surface area contributed by atoms with Gasteiger partial charge in [0.15, 0.2) is 0 Å². The summed E-state index contributed by atoms with van der Waals surface area (Å²) >= 11 is 9.42. The summed E-state index contributed by atoms with van der Waals surface area (Å²) in [6.45, 7) is 2.44. The minimum atomic E-state index is 0.434. The molecule has 1 saturated heterocycles. The highest BCUT2D eigenvalue weighted by Gasteiger charge is 2.18. The molecule has 6 heteroatoms. The Kier molecular flexibility index (Phi) is 4.00. The van der Waals surface area contributed by atoms with Crippen LogP contribution < -0.4 is 4.90 Å². The fourth-order valence-corrected chi connectivity index (χ4v) is 2.22. The second-order valence-corrected chi connectivity index (χ2v) is 4.85. The van der Waals surface area contributed by atoms with Gasteiger partial charge in [-0.1, -0.05) is 11.6 Å². The normalized spacial score (nSPS) is 15.8. The summed E-state index contributed by atoms with van der Waals surface area (Å²) < 4.78 is 5.81. The number of hydrogen-bond acceptors (Lipinski definition) is 4. The van der Waals surface area contributed by atoms with Crippen molar-refractivity contribution in [3.05, 3.63) is 15.3 Å². The fourth-order valence-electron chi connectivity index (χ4n) is 1.74. The maximum atomic E-state index is 6.05. The number of aromatic nitrogens is 2. The monoisotopic (exact) mass is 305 g/mol. The van der Waals surface area contributed by atoms with Crippen molar-refractivity contribution in [1.29, 1.82) is 0 Å². The third-order valence-electron chi connectivity index (χ3n) is 2.54. The Labute approximate surface area is 108 Å². The third-order valence-corrected chi connectivity index (χ3v) is 3.87. The van der Waals surface area contributed by atoms with Gasteiger partial charge in [-0.2, -0.15) is 4.98 Å². The molecular weight excluding hydrogens is 293 g/mol. The molecule has 88 valence electrons. The zero-order valence-corrected chi connectivity index (χ0v) is 11.4. The van der Waals surface area contributed by atoms with Gasteiger partial charge >= 0.3 is 0 Å². The summed E-state index contributed by atoms with van der Waals surface area (Å²) in [5, 5.41) is 0.448. The van der Waals surface area contributed by atoms with E-state index in [4.69, 9.17) is 16.3 Å². The maximum absolute atomic E-state index is 6.05. The van der Waals surface area contributed by atoms with E-state index in [-0.39, 0.29) is 0 Å². The molecule has 0 radical (unpaired) electrons. The molecule has 1 aliphatic heterocycles. The molecule has 4 nitrogen and oxygen atoms in total. The van der Waals surface area contributed by atoms with Gasteiger partial charge in [0.25, 0.3) is 0 Å². The van der Waals surface area contributed by atoms with Crippen LogP contribution in [0.25, 0.3) is 0 Å². The van der Waals surface area contributed by atoms with Crippen molar-refractivity contribution in [2.24, 2.45) is 0 Å². The second-order valence-electron chi connectivity index (χ2n) is 3.70. The van der Waals surface area contributed by atoms with E-state index < -0.39 is 0 Å². The van der Waals surface area contributed by atoms with E-state index in [0.717, 1.165) is 23.3 Å². The van der Waals surface area contributed by atoms with Gasteiger partial charge in [0.2, 0.25) is 5.95 Å². The first kappa shape index (κ1) is 12.1. The van der Waals surface area contributed by atoms with Gasteiger partial charge < -0.3 is 9.64 Å². The van der Waals surface area contributed by atoms with Gasteiger partial charge in [-0.25, -0.2) is 4.98 Å². The van der Waals surface area contributed by atoms with E-state index in [9.17, 15) is 0 Å². The second kappa shape index (κ2) is 5.29. The summed E-state index contributed by atoms with van der Waals surface area (Å²) in [4.78, 5) is 10.9. The Morgan fingerprint density at radius 3 is 2.69 bits per heavy atom. The van der Waals surface area contributed by atoms with Crippen molar-refractivity contribution in [2.75, 3.05) is 25.1 Å². The molecule has 0 saturated carbocycles. The van der Waals surface area contributed by atoms with Crippen molar-refractivity contribution in [3.63, 3.8) is 0 Å². The minimum Gasteiger partial charge on any atom is -0.378 e. The molecule has 0 aromatic carbocycles. The van der Waals surface area contributed by atoms with Crippen molar-refractivity contribution in [3.8, 4) is 0 Å². The van der Waals surface area contributed by atoms with Crippen LogP contribution in [-0.4, -0.2) is 30.2 Å². The topological polar surface area (TPSA) is 38.2 Å². The van der Waals surface area contributed by atoms with E-state index in [2.05, 4.69) is 30.8 Å². The zero-order valence-electron chi connectivity index (χ0n) is 9.04. The summed E-state index contributed by atoms with van der Waals surface area (Å²) in [6.07, 6.45) is 2.38. The molecule has 0 spiro atoms. The standard InChI is InChI=1S/C10H13BrClN3O/c1-16-6-7-8(11)9(12)14-10(13-7)15-4-2-3-5-15/h2-6H2,1H3. The van der Waals surface area contributed by atoms with E-state index in [1.54, 1.807) is 7.11 Å². The van der Waals surface area contributed by atoms with Crippen molar-refractivity contribution < 1.29 is 4.74 Å². The average Bonchev–Trinajstić information content (AvgIpc) is 2.78. The molecule has 0 bridgehead atoms. The molecule has 2 rings (SSSR count). The number of hydrogen-bond donors (Lipinski definition) is 0. The molecule has 16 heavy (non-hydrogen) atoms. The molecule has 0 aliphatic carbocycles. The molecule has 1 aromatic rings. The lowest BCUT2D eigenvalue weighted by molar-refractivity contribution is 0.181. The number of ether oxygens (including phenoxy) is 1. The van der Waals surface area contributed by atoms with Crippen LogP contribution in [0.3, 0.4) is 0 Å². The number of nitrogens with zero attached hydrogens (tertiary/aromatic N) is 3. The van der Waals surface area contributed by atoms with Crippen molar-refractivity contribution in [1.82, 2.24) is 9.97 Å². The van der Waals surface area contributed by atoms with Gasteiger partial charge in [-0.3, -0.25) is 0 Å². The Morgan fingerprint density at radius 2 is 2.06 bits per heavy atom. The largest absolute Gasteiger partial charge is 0.378 e. The summed E-state index contributed by atoms with van der Waals surface area (Å²) in [5.74, 6) is 0.706. The molecule has 0 atom stereocenters. The van der Waals surface area contributed by atoms with Crippen LogP contribution in [-0.2, 0) is 11.3 Å². The molecular formula is C10H13BrClN3O. The van der Waals surface area contributed by atoms with Crippen LogP contribution in [0.1, 0.15) is 18.5 Å². The quantitative estimate of drug-likeness (QED) is 0.805. The molecule has 1 aromatic heterocycles. The molecule has 1 fully saturated rings. The van der Waals surface area contributed by atoms with Crippen LogP contribution in [0.2, 0.25) is 5.15 Å². The SMILES string of the molecule is COCc1nc(N2CCCC2)nc(Cl)c1Br. The fraction of sp³-hybridized carbons (Fsp3) is 0.600. The van der Waals surface area contributed by atoms with Gasteiger partial charge in [-0.15, -0.1) is 0 Å². The van der Waals surface area contributed by atoms with E-state index in [1.807, 2.05) is 0 Å². The van der Waals surface area contributed by atoms with Crippen molar-refractivity contribution in [2.45, 2.75) is 19.4 Å². The summed E-state index contributed by atoms with van der Waals surface area (Å²) in [5.41, 5.74) is 0.796. The highest BCUT2D eigenvalue weighted by Crippen LogP contribution is 2.27. The van der Waals surface area contributed by atoms with E-state index in [0.29, 0.717) is 17.7 Å². The van der Waals surface area contributed by atoms with Gasteiger partial charge in [0.05, 0.1) is 16.8 Å². The Balaban J connectivity index is 2.31. The zero-order chi connectivity index (χ0) is 11.5. The third kappa shape index (κ3) is 2.47. The lowest BCUT2D eigenvalue weighted by Crippen LogP contribution is -2.21. The average molecular weight is 307 g/mol. The van der Waals surface area contributed by atoms with Gasteiger partial charge in [0.1, 0.15) is 5.15 Å².